The number of nitrogens with one attached hydrogen (secondary N) is 2. The van der Waals surface area contributed by atoms with Crippen molar-refractivity contribution in [1.82, 2.24) is 14.9 Å². The molecule has 0 bridgehead atoms. The predicted molar refractivity (Wildman–Crippen MR) is 111 cm³/mol. The van der Waals surface area contributed by atoms with Gasteiger partial charge in [0.15, 0.2) is 0 Å². The number of hydrogen-bond donors (Lipinski definition) is 2. The van der Waals surface area contributed by atoms with Crippen molar-refractivity contribution in [2.24, 2.45) is 0 Å². The number of benzene rings is 2. The Morgan fingerprint density at radius 1 is 1.10 bits per heavy atom. The maximum atomic E-state index is 13.3. The molecule has 1 atom stereocenters. The molecule has 2 N–H and O–H groups in total. The number of carbonyl (C=O) groups is 1. The number of rotatable bonds is 8. The zero-order chi connectivity index (χ0) is 21.6. The first-order valence-corrected chi connectivity index (χ1v) is 11.0. The molecule has 0 spiro atoms. The quantitative estimate of drug-likeness (QED) is 0.682. The molecule has 2 aromatic rings. The molecule has 6 nitrogen and oxygen atoms in total. The number of nitrogens with zero attached hydrogens (tertiary/aromatic N) is 1. The standard InChI is InChI=1S/C21H28FN3O3S/c1-5-25(6-2)29(27,28)19-10-8-18(9-11-19)16(4)24-21(26)23-14-17-7-12-20(22)15(3)13-17/h7-13,16H,5-6,14H2,1-4H3,(H2,23,24,26). The summed E-state index contributed by atoms with van der Waals surface area (Å²) in [5.41, 5.74) is 2.12. The van der Waals surface area contributed by atoms with Crippen LogP contribution in [0.2, 0.25) is 0 Å². The van der Waals surface area contributed by atoms with Crippen molar-refractivity contribution in [3.05, 3.63) is 65.0 Å². The lowest BCUT2D eigenvalue weighted by atomic mass is 10.1. The first kappa shape index (κ1) is 22.8. The Labute approximate surface area is 172 Å². The van der Waals surface area contributed by atoms with Crippen LogP contribution in [-0.4, -0.2) is 31.8 Å². The Balaban J connectivity index is 1.97. The molecule has 0 aromatic heterocycles. The van der Waals surface area contributed by atoms with Crippen molar-refractivity contribution in [2.45, 2.75) is 45.2 Å². The third kappa shape index (κ3) is 5.77. The molecule has 29 heavy (non-hydrogen) atoms. The van der Waals surface area contributed by atoms with Gasteiger partial charge in [-0.1, -0.05) is 38.1 Å². The van der Waals surface area contributed by atoms with Crippen molar-refractivity contribution in [1.29, 1.82) is 0 Å². The van der Waals surface area contributed by atoms with E-state index in [1.165, 1.54) is 10.4 Å². The van der Waals surface area contributed by atoms with Crippen molar-refractivity contribution in [2.75, 3.05) is 13.1 Å². The molecule has 0 saturated carbocycles. The van der Waals surface area contributed by atoms with Crippen LogP contribution in [-0.2, 0) is 16.6 Å². The summed E-state index contributed by atoms with van der Waals surface area (Å²) in [7, 11) is -3.51. The molecule has 0 radical (unpaired) electrons. The fraction of sp³-hybridized carbons (Fsp3) is 0.381. The van der Waals surface area contributed by atoms with E-state index >= 15 is 0 Å². The van der Waals surface area contributed by atoms with Crippen LogP contribution in [0.5, 0.6) is 0 Å². The average molecular weight is 422 g/mol. The van der Waals surface area contributed by atoms with Crippen molar-refractivity contribution >= 4 is 16.1 Å². The third-order valence-corrected chi connectivity index (χ3v) is 6.81. The smallest absolute Gasteiger partial charge is 0.315 e. The minimum absolute atomic E-state index is 0.230. The number of hydrogen-bond acceptors (Lipinski definition) is 3. The van der Waals surface area contributed by atoms with Gasteiger partial charge < -0.3 is 10.6 Å². The third-order valence-electron chi connectivity index (χ3n) is 4.75. The molecule has 0 fully saturated rings. The highest BCUT2D eigenvalue weighted by Gasteiger charge is 2.21. The first-order chi connectivity index (χ1) is 13.7. The Morgan fingerprint density at radius 2 is 1.72 bits per heavy atom. The van der Waals surface area contributed by atoms with Gasteiger partial charge in [-0.25, -0.2) is 17.6 Å². The van der Waals surface area contributed by atoms with E-state index in [4.69, 9.17) is 0 Å². The summed E-state index contributed by atoms with van der Waals surface area (Å²) in [6.07, 6.45) is 0. The summed E-state index contributed by atoms with van der Waals surface area (Å²) < 4.78 is 39.8. The second-order valence-corrected chi connectivity index (χ2v) is 8.73. The Bertz CT molecular complexity index is 942. The summed E-state index contributed by atoms with van der Waals surface area (Å²) in [6.45, 7) is 8.18. The van der Waals surface area contributed by atoms with Gasteiger partial charge in [-0.2, -0.15) is 4.31 Å². The van der Waals surface area contributed by atoms with E-state index < -0.39 is 10.0 Å². The van der Waals surface area contributed by atoms with Gasteiger partial charge in [-0.15, -0.1) is 0 Å². The fourth-order valence-corrected chi connectivity index (χ4v) is 4.43. The lowest BCUT2D eigenvalue weighted by molar-refractivity contribution is 0.237. The van der Waals surface area contributed by atoms with E-state index in [0.29, 0.717) is 18.7 Å². The summed E-state index contributed by atoms with van der Waals surface area (Å²) in [5, 5.41) is 5.55. The molecule has 8 heteroatoms. The highest BCUT2D eigenvalue weighted by Crippen LogP contribution is 2.19. The average Bonchev–Trinajstić information content (AvgIpc) is 2.69. The Hall–Kier alpha value is -2.45. The van der Waals surface area contributed by atoms with E-state index in [1.807, 2.05) is 6.92 Å². The molecule has 2 rings (SSSR count). The van der Waals surface area contributed by atoms with Gasteiger partial charge >= 0.3 is 6.03 Å². The molecule has 158 valence electrons. The van der Waals surface area contributed by atoms with Crippen molar-refractivity contribution < 1.29 is 17.6 Å². The van der Waals surface area contributed by atoms with Gasteiger partial charge in [0, 0.05) is 19.6 Å². The summed E-state index contributed by atoms with van der Waals surface area (Å²) >= 11 is 0. The molecular formula is C21H28FN3O3S. The molecule has 0 heterocycles. The van der Waals surface area contributed by atoms with Crippen LogP contribution in [0.25, 0.3) is 0 Å². The Kier molecular flexibility index (Phi) is 7.75. The van der Waals surface area contributed by atoms with Gasteiger partial charge in [0.25, 0.3) is 0 Å². The monoisotopic (exact) mass is 421 g/mol. The largest absolute Gasteiger partial charge is 0.334 e. The van der Waals surface area contributed by atoms with E-state index in [9.17, 15) is 17.6 Å². The molecular weight excluding hydrogens is 393 g/mol. The molecule has 0 saturated heterocycles. The molecule has 0 aliphatic rings. The zero-order valence-corrected chi connectivity index (χ0v) is 18.0. The molecule has 0 aliphatic carbocycles. The van der Waals surface area contributed by atoms with Gasteiger partial charge in [-0.3, -0.25) is 0 Å². The molecule has 0 aliphatic heterocycles. The van der Waals surface area contributed by atoms with Crippen LogP contribution in [0.3, 0.4) is 0 Å². The van der Waals surface area contributed by atoms with Crippen molar-refractivity contribution in [3.63, 3.8) is 0 Å². The van der Waals surface area contributed by atoms with E-state index in [-0.39, 0.29) is 29.3 Å². The van der Waals surface area contributed by atoms with Crippen LogP contribution in [0.15, 0.2) is 47.4 Å². The highest BCUT2D eigenvalue weighted by atomic mass is 32.2. The lowest BCUT2D eigenvalue weighted by Gasteiger charge is -2.19. The maximum absolute atomic E-state index is 13.3. The molecule has 2 amide bonds. The first-order valence-electron chi connectivity index (χ1n) is 9.58. The van der Waals surface area contributed by atoms with Crippen LogP contribution >= 0.6 is 0 Å². The normalized spacial score (nSPS) is 12.6. The zero-order valence-electron chi connectivity index (χ0n) is 17.2. The topological polar surface area (TPSA) is 78.5 Å². The van der Waals surface area contributed by atoms with Crippen LogP contribution in [0.4, 0.5) is 9.18 Å². The molecule has 1 unspecified atom stereocenters. The van der Waals surface area contributed by atoms with E-state index in [2.05, 4.69) is 10.6 Å². The second kappa shape index (κ2) is 9.84. The van der Waals surface area contributed by atoms with E-state index in [0.717, 1.165) is 11.1 Å². The highest BCUT2D eigenvalue weighted by molar-refractivity contribution is 7.89. The maximum Gasteiger partial charge on any atom is 0.315 e. The fourth-order valence-electron chi connectivity index (χ4n) is 2.97. The van der Waals surface area contributed by atoms with Crippen LogP contribution < -0.4 is 10.6 Å². The SMILES string of the molecule is CCN(CC)S(=O)(=O)c1ccc(C(C)NC(=O)NCc2ccc(F)c(C)c2)cc1. The molecule has 2 aromatic carbocycles. The number of amides is 2. The minimum Gasteiger partial charge on any atom is -0.334 e. The number of urea groups is 1. The van der Waals surface area contributed by atoms with Crippen molar-refractivity contribution in [3.8, 4) is 0 Å². The summed E-state index contributed by atoms with van der Waals surface area (Å²) in [6, 6.07) is 10.5. The van der Waals surface area contributed by atoms with Gasteiger partial charge in [0.2, 0.25) is 10.0 Å². The van der Waals surface area contributed by atoms with Crippen LogP contribution in [0, 0.1) is 12.7 Å². The number of sulfonamides is 1. The minimum atomic E-state index is -3.51. The van der Waals surface area contributed by atoms with Gasteiger partial charge in [-0.05, 0) is 48.7 Å². The Morgan fingerprint density at radius 3 is 2.28 bits per heavy atom. The number of halogens is 1. The van der Waals surface area contributed by atoms with Gasteiger partial charge in [0.1, 0.15) is 5.82 Å². The second-order valence-electron chi connectivity index (χ2n) is 6.79. The summed E-state index contributed by atoms with van der Waals surface area (Å²) in [5.74, 6) is -0.279. The summed E-state index contributed by atoms with van der Waals surface area (Å²) in [4.78, 5) is 12.4. The number of carbonyl (C=O) groups excluding carboxylic acids is 1. The van der Waals surface area contributed by atoms with Gasteiger partial charge in [0.05, 0.1) is 10.9 Å². The predicted octanol–water partition coefficient (Wildman–Crippen LogP) is 3.73. The van der Waals surface area contributed by atoms with Crippen LogP contribution in [0.1, 0.15) is 43.5 Å². The van der Waals surface area contributed by atoms with E-state index in [1.54, 1.807) is 57.2 Å². The number of aryl methyl sites for hydroxylation is 1. The lowest BCUT2D eigenvalue weighted by Crippen LogP contribution is -2.36.